The molecule has 2 aromatic carbocycles. The van der Waals surface area contributed by atoms with Crippen molar-refractivity contribution in [2.24, 2.45) is 0 Å². The fourth-order valence-electron chi connectivity index (χ4n) is 2.72. The Balaban J connectivity index is 1.84. The number of ether oxygens (including phenoxy) is 3. The minimum absolute atomic E-state index is 0.0348. The number of methoxy groups -OCH3 is 1. The third kappa shape index (κ3) is 6.27. The summed E-state index contributed by atoms with van der Waals surface area (Å²) in [4.78, 5) is 12.0. The Kier molecular flexibility index (Phi) is 7.87. The molecular weight excluding hydrogens is 392 g/mol. The summed E-state index contributed by atoms with van der Waals surface area (Å²) in [5, 5.41) is 3.37. The van der Waals surface area contributed by atoms with E-state index >= 15 is 0 Å². The normalized spacial score (nSPS) is 10.7. The van der Waals surface area contributed by atoms with E-state index in [2.05, 4.69) is 10.1 Å². The second-order valence-corrected chi connectivity index (χ2v) is 6.56. The Hall–Kier alpha value is -2.54. The van der Waals surface area contributed by atoms with Gasteiger partial charge in [-0.15, -0.1) is 0 Å². The second-order valence-electron chi connectivity index (χ2n) is 6.12. The molecule has 8 heteroatoms. The first-order valence-corrected chi connectivity index (χ1v) is 8.96. The van der Waals surface area contributed by atoms with Gasteiger partial charge in [0.15, 0.2) is 18.1 Å². The third-order valence-corrected chi connectivity index (χ3v) is 4.17. The Morgan fingerprint density at radius 1 is 1.14 bits per heavy atom. The summed E-state index contributed by atoms with van der Waals surface area (Å²) in [5.41, 5.74) is 2.52. The lowest BCUT2D eigenvalue weighted by atomic mass is 10.1. The van der Waals surface area contributed by atoms with Gasteiger partial charge in [0.1, 0.15) is 5.75 Å². The molecule has 28 heavy (non-hydrogen) atoms. The van der Waals surface area contributed by atoms with Gasteiger partial charge in [-0.2, -0.15) is 8.78 Å². The highest BCUT2D eigenvalue weighted by Gasteiger charge is 2.12. The van der Waals surface area contributed by atoms with Crippen molar-refractivity contribution < 1.29 is 27.8 Å². The van der Waals surface area contributed by atoms with Gasteiger partial charge in [0.2, 0.25) is 0 Å². The van der Waals surface area contributed by atoms with Crippen molar-refractivity contribution in [1.29, 1.82) is 0 Å². The number of benzene rings is 2. The lowest BCUT2D eigenvalue weighted by Gasteiger charge is -2.13. The van der Waals surface area contributed by atoms with Gasteiger partial charge in [0, 0.05) is 11.6 Å². The fraction of sp³-hybridized carbons (Fsp3) is 0.350. The zero-order chi connectivity index (χ0) is 20.7. The first-order valence-electron chi connectivity index (χ1n) is 8.58. The van der Waals surface area contributed by atoms with E-state index in [-0.39, 0.29) is 24.0 Å². The summed E-state index contributed by atoms with van der Waals surface area (Å²) in [6, 6.07) is 8.20. The summed E-state index contributed by atoms with van der Waals surface area (Å²) in [7, 11) is 1.37. The predicted octanol–water partition coefficient (Wildman–Crippen LogP) is 4.30. The molecule has 2 rings (SSSR count). The van der Waals surface area contributed by atoms with E-state index in [9.17, 15) is 13.6 Å². The molecule has 0 aliphatic heterocycles. The first kappa shape index (κ1) is 21.8. The highest BCUT2D eigenvalue weighted by atomic mass is 35.5. The highest BCUT2D eigenvalue weighted by Crippen LogP contribution is 2.29. The van der Waals surface area contributed by atoms with Crippen LogP contribution in [-0.2, 0) is 11.2 Å². The van der Waals surface area contributed by atoms with Crippen LogP contribution in [0.4, 0.5) is 8.78 Å². The van der Waals surface area contributed by atoms with E-state index in [0.29, 0.717) is 23.7 Å². The molecule has 0 radical (unpaired) electrons. The van der Waals surface area contributed by atoms with Crippen molar-refractivity contribution in [2.45, 2.75) is 26.9 Å². The van der Waals surface area contributed by atoms with Crippen LogP contribution >= 0.6 is 11.6 Å². The summed E-state index contributed by atoms with van der Waals surface area (Å²) in [5.74, 6) is 0.547. The number of carbonyl (C=O) groups excluding carboxylic acids is 1. The van der Waals surface area contributed by atoms with Gasteiger partial charge in [0.25, 0.3) is 5.91 Å². The maximum absolute atomic E-state index is 12.4. The minimum Gasteiger partial charge on any atom is -0.493 e. The zero-order valence-electron chi connectivity index (χ0n) is 15.9. The number of hydrogen-bond acceptors (Lipinski definition) is 4. The quantitative estimate of drug-likeness (QED) is 0.665. The van der Waals surface area contributed by atoms with Gasteiger partial charge < -0.3 is 19.5 Å². The molecule has 5 nitrogen and oxygen atoms in total. The monoisotopic (exact) mass is 413 g/mol. The Bertz CT molecular complexity index is 807. The number of hydrogen-bond donors (Lipinski definition) is 1. The molecule has 0 aliphatic rings. The van der Waals surface area contributed by atoms with Crippen LogP contribution in [0.2, 0.25) is 5.02 Å². The average Bonchev–Trinajstić information content (AvgIpc) is 2.61. The molecule has 152 valence electrons. The van der Waals surface area contributed by atoms with Crippen molar-refractivity contribution in [3.05, 3.63) is 52.0 Å². The highest BCUT2D eigenvalue weighted by molar-refractivity contribution is 6.30. The fourth-order valence-corrected chi connectivity index (χ4v) is 3.05. The summed E-state index contributed by atoms with van der Waals surface area (Å²) in [6.45, 7) is 1.04. The van der Waals surface area contributed by atoms with Gasteiger partial charge in [0.05, 0.1) is 7.11 Å². The molecule has 0 spiro atoms. The average molecular weight is 414 g/mol. The topological polar surface area (TPSA) is 56.8 Å². The van der Waals surface area contributed by atoms with Crippen molar-refractivity contribution in [3.8, 4) is 17.2 Å². The minimum atomic E-state index is -2.92. The summed E-state index contributed by atoms with van der Waals surface area (Å²) < 4.78 is 39.7. The smallest absolute Gasteiger partial charge is 0.387 e. The summed E-state index contributed by atoms with van der Waals surface area (Å²) >= 11 is 5.98. The molecule has 0 atom stereocenters. The second kappa shape index (κ2) is 10.1. The van der Waals surface area contributed by atoms with Crippen molar-refractivity contribution >= 4 is 17.5 Å². The van der Waals surface area contributed by atoms with Crippen LogP contribution in [0, 0.1) is 13.8 Å². The molecule has 1 amide bonds. The number of nitrogens with one attached hydrogen (secondary N) is 1. The largest absolute Gasteiger partial charge is 0.493 e. The maximum atomic E-state index is 12.4. The molecule has 0 bridgehead atoms. The van der Waals surface area contributed by atoms with Crippen molar-refractivity contribution in [2.75, 3.05) is 20.3 Å². The molecule has 0 fully saturated rings. The molecule has 0 aromatic heterocycles. The Morgan fingerprint density at radius 3 is 2.43 bits per heavy atom. The van der Waals surface area contributed by atoms with E-state index < -0.39 is 6.61 Å². The lowest BCUT2D eigenvalue weighted by molar-refractivity contribution is -0.123. The zero-order valence-corrected chi connectivity index (χ0v) is 16.6. The van der Waals surface area contributed by atoms with E-state index in [4.69, 9.17) is 21.1 Å². The van der Waals surface area contributed by atoms with Crippen LogP contribution in [0.3, 0.4) is 0 Å². The summed E-state index contributed by atoms with van der Waals surface area (Å²) in [6.07, 6.45) is 0.496. The number of halogens is 3. The molecule has 1 N–H and O–H groups in total. The molecule has 0 aliphatic carbocycles. The van der Waals surface area contributed by atoms with Gasteiger partial charge in [-0.3, -0.25) is 4.79 Å². The predicted molar refractivity (Wildman–Crippen MR) is 103 cm³/mol. The molecule has 0 heterocycles. The first-order chi connectivity index (χ1) is 13.3. The van der Waals surface area contributed by atoms with Crippen LogP contribution in [0.5, 0.6) is 17.2 Å². The van der Waals surface area contributed by atoms with Gasteiger partial charge >= 0.3 is 6.61 Å². The number of rotatable bonds is 9. The van der Waals surface area contributed by atoms with Crippen LogP contribution < -0.4 is 19.5 Å². The molecule has 0 unspecified atom stereocenters. The van der Waals surface area contributed by atoms with Crippen molar-refractivity contribution in [3.63, 3.8) is 0 Å². The standard InChI is InChI=1S/C20H22ClF2NO4/c1-12-8-15(21)9-13(2)19(12)27-11-18(25)24-7-6-14-4-5-16(28-20(22)23)17(10-14)26-3/h4-5,8-10,20H,6-7,11H2,1-3H3,(H,24,25). The van der Waals surface area contributed by atoms with E-state index in [1.807, 2.05) is 13.8 Å². The molecule has 0 saturated heterocycles. The number of aryl methyl sites for hydroxylation is 2. The van der Waals surface area contributed by atoms with Crippen LogP contribution in [0.1, 0.15) is 16.7 Å². The number of alkyl halides is 2. The molecule has 2 aromatic rings. The number of carbonyl (C=O) groups is 1. The maximum Gasteiger partial charge on any atom is 0.387 e. The van der Waals surface area contributed by atoms with E-state index in [0.717, 1.165) is 16.7 Å². The van der Waals surface area contributed by atoms with Gasteiger partial charge in [-0.1, -0.05) is 17.7 Å². The van der Waals surface area contributed by atoms with Crippen LogP contribution in [-0.4, -0.2) is 32.8 Å². The lowest BCUT2D eigenvalue weighted by Crippen LogP contribution is -2.30. The Morgan fingerprint density at radius 2 is 1.82 bits per heavy atom. The van der Waals surface area contributed by atoms with Gasteiger partial charge in [-0.05, 0) is 61.2 Å². The molecular formula is C20H22ClF2NO4. The molecule has 0 saturated carbocycles. The Labute approximate surface area is 167 Å². The van der Waals surface area contributed by atoms with E-state index in [1.54, 1.807) is 24.3 Å². The number of amides is 1. The third-order valence-electron chi connectivity index (χ3n) is 3.95. The SMILES string of the molecule is COc1cc(CCNC(=O)COc2c(C)cc(Cl)cc2C)ccc1OC(F)F. The van der Waals surface area contributed by atoms with Crippen LogP contribution in [0.25, 0.3) is 0 Å². The van der Waals surface area contributed by atoms with E-state index in [1.165, 1.54) is 13.2 Å². The van der Waals surface area contributed by atoms with Crippen LogP contribution in [0.15, 0.2) is 30.3 Å². The van der Waals surface area contributed by atoms with Crippen molar-refractivity contribution in [1.82, 2.24) is 5.32 Å². The van der Waals surface area contributed by atoms with Gasteiger partial charge in [-0.25, -0.2) is 0 Å².